The summed E-state index contributed by atoms with van der Waals surface area (Å²) >= 11 is 0. The molecule has 1 atom stereocenters. The van der Waals surface area contributed by atoms with E-state index in [1.165, 1.54) is 12.1 Å². The molecule has 0 radical (unpaired) electrons. The molecule has 0 saturated carbocycles. The molecule has 2 N–H and O–H groups in total. The molecule has 0 saturated heterocycles. The van der Waals surface area contributed by atoms with E-state index < -0.39 is 29.2 Å². The summed E-state index contributed by atoms with van der Waals surface area (Å²) in [4.78, 5) is 11.7. The first-order valence-electron chi connectivity index (χ1n) is 6.71. The molecule has 116 valence electrons. The molecular weight excluding hydrogens is 276 g/mol. The van der Waals surface area contributed by atoms with Gasteiger partial charge in [0.25, 0.3) is 0 Å². The van der Waals surface area contributed by atoms with Crippen LogP contribution in [-0.2, 0) is 4.79 Å². The highest BCUT2D eigenvalue weighted by atomic mass is 19.1. The predicted octanol–water partition coefficient (Wildman–Crippen LogP) is 3.11. The summed E-state index contributed by atoms with van der Waals surface area (Å²) in [7, 11) is 0. The first-order valence-corrected chi connectivity index (χ1v) is 6.71. The zero-order valence-corrected chi connectivity index (χ0v) is 12.7. The van der Waals surface area contributed by atoms with Gasteiger partial charge in [0.15, 0.2) is 0 Å². The van der Waals surface area contributed by atoms with E-state index in [2.05, 4.69) is 5.32 Å². The molecule has 0 fully saturated rings. The molecule has 21 heavy (non-hydrogen) atoms. The fourth-order valence-corrected chi connectivity index (χ4v) is 1.59. The average Bonchev–Trinajstić information content (AvgIpc) is 2.35. The number of halogens is 2. The van der Waals surface area contributed by atoms with Crippen molar-refractivity contribution in [3.63, 3.8) is 0 Å². The smallest absolute Gasteiger partial charge is 0.244 e. The van der Waals surface area contributed by atoms with Crippen LogP contribution in [0.1, 0.15) is 39.4 Å². The first kappa shape index (κ1) is 17.3. The number of hydrogen-bond acceptors (Lipinski definition) is 2. The fraction of sp³-hybridized carbons (Fsp3) is 0.438. The third kappa shape index (κ3) is 4.93. The van der Waals surface area contributed by atoms with Gasteiger partial charge in [0.2, 0.25) is 5.91 Å². The van der Waals surface area contributed by atoms with Crippen LogP contribution in [0.5, 0.6) is 0 Å². The summed E-state index contributed by atoms with van der Waals surface area (Å²) in [5.41, 5.74) is 0.286. The Bertz CT molecular complexity index is 527. The predicted molar refractivity (Wildman–Crippen MR) is 77.5 cm³/mol. The van der Waals surface area contributed by atoms with Crippen molar-refractivity contribution in [3.8, 4) is 0 Å². The van der Waals surface area contributed by atoms with E-state index in [0.29, 0.717) is 0 Å². The fourth-order valence-electron chi connectivity index (χ4n) is 1.59. The minimum atomic E-state index is -1.43. The molecule has 1 rings (SSSR count). The Kier molecular flexibility index (Phi) is 5.61. The van der Waals surface area contributed by atoms with E-state index in [0.717, 1.165) is 17.7 Å². The number of benzene rings is 1. The summed E-state index contributed by atoms with van der Waals surface area (Å²) in [6.07, 6.45) is -0.0109. The monoisotopic (exact) mass is 297 g/mol. The minimum Gasteiger partial charge on any atom is -0.386 e. The molecule has 1 aromatic rings. The van der Waals surface area contributed by atoms with E-state index in [-0.39, 0.29) is 12.0 Å². The number of aliphatic hydroxyl groups is 1. The Morgan fingerprint density at radius 3 is 2.33 bits per heavy atom. The van der Waals surface area contributed by atoms with Gasteiger partial charge in [-0.05, 0) is 24.5 Å². The van der Waals surface area contributed by atoms with Gasteiger partial charge in [0.05, 0.1) is 5.56 Å². The number of hydrogen-bond donors (Lipinski definition) is 2. The molecule has 0 aliphatic heterocycles. The van der Waals surface area contributed by atoms with Crippen LogP contribution in [0.3, 0.4) is 0 Å². The zero-order chi connectivity index (χ0) is 16.2. The maximum Gasteiger partial charge on any atom is 0.244 e. The van der Waals surface area contributed by atoms with Gasteiger partial charge in [-0.2, -0.15) is 0 Å². The quantitative estimate of drug-likeness (QED) is 0.839. The Morgan fingerprint density at radius 2 is 1.86 bits per heavy atom. The lowest BCUT2D eigenvalue weighted by atomic mass is 9.87. The van der Waals surface area contributed by atoms with E-state index in [1.54, 1.807) is 0 Å². The number of amides is 1. The molecule has 0 spiro atoms. The molecule has 0 aromatic heterocycles. The van der Waals surface area contributed by atoms with E-state index in [9.17, 15) is 18.7 Å². The number of allylic oxidation sites excluding steroid dienone is 1. The Labute approximate surface area is 123 Å². The Morgan fingerprint density at radius 1 is 1.33 bits per heavy atom. The van der Waals surface area contributed by atoms with Crippen LogP contribution in [0.4, 0.5) is 8.78 Å². The highest BCUT2D eigenvalue weighted by Gasteiger charge is 2.18. The van der Waals surface area contributed by atoms with Crippen molar-refractivity contribution in [3.05, 3.63) is 47.0 Å². The van der Waals surface area contributed by atoms with Gasteiger partial charge in [-0.1, -0.05) is 32.4 Å². The average molecular weight is 297 g/mol. The number of aliphatic hydroxyl groups excluding tert-OH is 1. The minimum absolute atomic E-state index is 0.145. The van der Waals surface area contributed by atoms with E-state index in [1.807, 2.05) is 27.7 Å². The van der Waals surface area contributed by atoms with E-state index >= 15 is 0 Å². The van der Waals surface area contributed by atoms with Gasteiger partial charge in [-0.15, -0.1) is 0 Å². The lowest BCUT2D eigenvalue weighted by molar-refractivity contribution is -0.117. The second-order valence-electron chi connectivity index (χ2n) is 5.97. The molecule has 1 aromatic carbocycles. The summed E-state index contributed by atoms with van der Waals surface area (Å²) in [6.45, 7) is 7.47. The Hall–Kier alpha value is -1.75. The largest absolute Gasteiger partial charge is 0.386 e. The maximum atomic E-state index is 13.5. The second kappa shape index (κ2) is 6.80. The van der Waals surface area contributed by atoms with Crippen LogP contribution < -0.4 is 5.32 Å². The third-order valence-corrected chi connectivity index (χ3v) is 3.33. The SMILES string of the molecule is C/C(=C/C(=O)NCC(O)c1c(F)cccc1F)C(C)(C)C. The highest BCUT2D eigenvalue weighted by molar-refractivity contribution is 5.88. The van der Waals surface area contributed by atoms with E-state index in [4.69, 9.17) is 0 Å². The van der Waals surface area contributed by atoms with Crippen LogP contribution in [-0.4, -0.2) is 17.6 Å². The zero-order valence-electron chi connectivity index (χ0n) is 12.7. The molecule has 0 aliphatic rings. The van der Waals surface area contributed by atoms with Crippen LogP contribution in [0.15, 0.2) is 29.8 Å². The van der Waals surface area contributed by atoms with Crippen molar-refractivity contribution in [2.75, 3.05) is 6.54 Å². The number of nitrogens with one attached hydrogen (secondary N) is 1. The standard InChI is InChI=1S/C16H21F2NO2/c1-10(16(2,3)4)8-14(21)19-9-13(20)15-11(17)6-5-7-12(15)18/h5-8,13,20H,9H2,1-4H3,(H,19,21)/b10-8-. The van der Waals surface area contributed by atoms with Gasteiger partial charge in [-0.3, -0.25) is 4.79 Å². The molecule has 0 heterocycles. The van der Waals surface area contributed by atoms with Gasteiger partial charge in [0.1, 0.15) is 17.7 Å². The molecule has 1 amide bonds. The second-order valence-corrected chi connectivity index (χ2v) is 5.97. The molecule has 0 bridgehead atoms. The van der Waals surface area contributed by atoms with Crippen molar-refractivity contribution in [1.29, 1.82) is 0 Å². The summed E-state index contributed by atoms with van der Waals surface area (Å²) in [5, 5.41) is 12.2. The van der Waals surface area contributed by atoms with Gasteiger partial charge in [0, 0.05) is 12.6 Å². The van der Waals surface area contributed by atoms with Crippen LogP contribution in [0.2, 0.25) is 0 Å². The van der Waals surface area contributed by atoms with Crippen LogP contribution in [0, 0.1) is 17.0 Å². The highest BCUT2D eigenvalue weighted by Crippen LogP contribution is 2.24. The van der Waals surface area contributed by atoms with Crippen molar-refractivity contribution in [2.45, 2.75) is 33.8 Å². The van der Waals surface area contributed by atoms with Crippen molar-refractivity contribution < 1.29 is 18.7 Å². The van der Waals surface area contributed by atoms with Crippen LogP contribution in [0.25, 0.3) is 0 Å². The molecule has 0 aliphatic carbocycles. The van der Waals surface area contributed by atoms with Crippen molar-refractivity contribution >= 4 is 5.91 Å². The maximum absolute atomic E-state index is 13.5. The van der Waals surface area contributed by atoms with Crippen LogP contribution >= 0.6 is 0 Å². The summed E-state index contributed by atoms with van der Waals surface area (Å²) in [6, 6.07) is 3.34. The molecule has 3 nitrogen and oxygen atoms in total. The normalized spacial score (nSPS) is 14.0. The first-order chi connectivity index (χ1) is 9.62. The Balaban J connectivity index is 2.70. The van der Waals surface area contributed by atoms with Gasteiger partial charge in [-0.25, -0.2) is 8.78 Å². The lowest BCUT2D eigenvalue weighted by Crippen LogP contribution is -2.28. The summed E-state index contributed by atoms with van der Waals surface area (Å²) in [5.74, 6) is -2.07. The molecule has 1 unspecified atom stereocenters. The number of carbonyl (C=O) groups is 1. The number of rotatable bonds is 4. The van der Waals surface area contributed by atoms with Gasteiger partial charge >= 0.3 is 0 Å². The molecule has 5 heteroatoms. The summed E-state index contributed by atoms with van der Waals surface area (Å²) < 4.78 is 26.9. The lowest BCUT2D eigenvalue weighted by Gasteiger charge is -2.19. The van der Waals surface area contributed by atoms with Gasteiger partial charge < -0.3 is 10.4 Å². The topological polar surface area (TPSA) is 49.3 Å². The van der Waals surface area contributed by atoms with Crippen molar-refractivity contribution in [2.24, 2.45) is 5.41 Å². The van der Waals surface area contributed by atoms with Crippen molar-refractivity contribution in [1.82, 2.24) is 5.32 Å². The third-order valence-electron chi connectivity index (χ3n) is 3.33. The molecular formula is C16H21F2NO2. The number of carbonyl (C=O) groups excluding carboxylic acids is 1.